The molecule has 3 rings (SSSR count). The molecule has 110 valence electrons. The summed E-state index contributed by atoms with van der Waals surface area (Å²) in [5, 5.41) is 0. The summed E-state index contributed by atoms with van der Waals surface area (Å²) in [5.41, 5.74) is 1.25. The van der Waals surface area contributed by atoms with Crippen LogP contribution in [0.25, 0.3) is 0 Å². The first-order chi connectivity index (χ1) is 10.6. The number of anilines is 2. The molecule has 1 aliphatic heterocycles. The van der Waals surface area contributed by atoms with Gasteiger partial charge >= 0.3 is 0 Å². The highest BCUT2D eigenvalue weighted by atomic mass is 16.2. The molecule has 0 atom stereocenters. The van der Waals surface area contributed by atoms with Crippen LogP contribution in [0, 0.1) is 0 Å². The van der Waals surface area contributed by atoms with Crippen LogP contribution in [0.5, 0.6) is 0 Å². The second kappa shape index (κ2) is 5.44. The van der Waals surface area contributed by atoms with Crippen molar-refractivity contribution in [3.63, 3.8) is 0 Å². The average Bonchev–Trinajstić information content (AvgIpc) is 2.52. The Kier molecular flexibility index (Phi) is 3.47. The first-order valence-corrected chi connectivity index (χ1v) is 6.87. The van der Waals surface area contributed by atoms with Crippen molar-refractivity contribution in [3.8, 4) is 0 Å². The number of hydrogen-bond donors (Lipinski definition) is 0. The number of ketones is 1. The van der Waals surface area contributed by atoms with Gasteiger partial charge in [-0.05, 0) is 24.3 Å². The van der Waals surface area contributed by atoms with E-state index in [2.05, 4.69) is 4.98 Å². The molecule has 5 heteroatoms. The largest absolute Gasteiger partial charge is 0.383 e. The van der Waals surface area contributed by atoms with Gasteiger partial charge in [-0.3, -0.25) is 14.5 Å². The minimum Gasteiger partial charge on any atom is -0.383 e. The van der Waals surface area contributed by atoms with Crippen molar-refractivity contribution in [3.05, 3.63) is 66.0 Å². The minimum atomic E-state index is -0.365. The molecule has 0 aliphatic carbocycles. The first-order valence-electron chi connectivity index (χ1n) is 6.87. The third-order valence-corrected chi connectivity index (χ3v) is 3.32. The number of fused-ring (bicyclic) bond motifs is 1. The van der Waals surface area contributed by atoms with Crippen LogP contribution >= 0.6 is 0 Å². The summed E-state index contributed by atoms with van der Waals surface area (Å²) in [6, 6.07) is 12.6. The second-order valence-corrected chi connectivity index (χ2v) is 5.19. The van der Waals surface area contributed by atoms with Crippen LogP contribution in [0.1, 0.15) is 10.4 Å². The number of nitrogens with zero attached hydrogens (tertiary/aromatic N) is 3. The van der Waals surface area contributed by atoms with Gasteiger partial charge in [0.25, 0.3) is 5.91 Å². The first kappa shape index (κ1) is 14.0. The van der Waals surface area contributed by atoms with Gasteiger partial charge < -0.3 is 4.90 Å². The van der Waals surface area contributed by atoms with E-state index in [1.54, 1.807) is 43.5 Å². The molecule has 0 spiro atoms. The van der Waals surface area contributed by atoms with Gasteiger partial charge in [-0.15, -0.1) is 0 Å². The number of Topliss-reactive ketones (excluding diaryl/α,β-unsaturated/α-hetero) is 1. The van der Waals surface area contributed by atoms with Gasteiger partial charge in [0.2, 0.25) is 5.78 Å². The van der Waals surface area contributed by atoms with Gasteiger partial charge in [0, 0.05) is 26.5 Å². The summed E-state index contributed by atoms with van der Waals surface area (Å²) in [6.45, 7) is 0. The Balaban J connectivity index is 2.23. The molecule has 1 amide bonds. The fourth-order valence-corrected chi connectivity index (χ4v) is 2.40. The lowest BCUT2D eigenvalue weighted by atomic mass is 9.98. The van der Waals surface area contributed by atoms with E-state index in [1.807, 2.05) is 30.3 Å². The van der Waals surface area contributed by atoms with Crippen molar-refractivity contribution < 1.29 is 9.59 Å². The number of para-hydroxylation sites is 1. The lowest BCUT2D eigenvalue weighted by molar-refractivity contribution is -0.114. The third-order valence-electron chi connectivity index (χ3n) is 3.32. The summed E-state index contributed by atoms with van der Waals surface area (Å²) in [7, 11) is 3.55. The van der Waals surface area contributed by atoms with Gasteiger partial charge in [0.05, 0.1) is 11.3 Å². The molecule has 0 saturated carbocycles. The highest BCUT2D eigenvalue weighted by Crippen LogP contribution is 2.34. The Labute approximate surface area is 128 Å². The van der Waals surface area contributed by atoms with E-state index in [-0.39, 0.29) is 17.3 Å². The van der Waals surface area contributed by atoms with Gasteiger partial charge in [-0.1, -0.05) is 18.2 Å². The molecule has 1 aromatic heterocycles. The zero-order valence-electron chi connectivity index (χ0n) is 12.4. The van der Waals surface area contributed by atoms with Gasteiger partial charge in [-0.2, -0.15) is 0 Å². The van der Waals surface area contributed by atoms with Crippen LogP contribution in [0.2, 0.25) is 0 Å². The predicted molar refractivity (Wildman–Crippen MR) is 83.9 cm³/mol. The monoisotopic (exact) mass is 293 g/mol. The third kappa shape index (κ3) is 2.26. The van der Waals surface area contributed by atoms with E-state index >= 15 is 0 Å². The highest BCUT2D eigenvalue weighted by molar-refractivity contribution is 6.35. The number of carbonyl (C=O) groups is 2. The maximum Gasteiger partial charge on any atom is 0.269 e. The Morgan fingerprint density at radius 1 is 1.05 bits per heavy atom. The molecule has 0 saturated heterocycles. The molecule has 22 heavy (non-hydrogen) atoms. The van der Waals surface area contributed by atoms with Crippen LogP contribution in [-0.2, 0) is 4.79 Å². The summed E-state index contributed by atoms with van der Waals surface area (Å²) < 4.78 is 0. The highest BCUT2D eigenvalue weighted by Gasteiger charge is 2.36. The summed E-state index contributed by atoms with van der Waals surface area (Å²) in [5.74, 6) is -0.287. The van der Waals surface area contributed by atoms with E-state index in [9.17, 15) is 9.59 Å². The van der Waals surface area contributed by atoms with Crippen molar-refractivity contribution in [2.45, 2.75) is 0 Å². The number of carbonyl (C=O) groups excluding carboxylic acids is 2. The molecule has 2 aromatic rings. The van der Waals surface area contributed by atoms with Crippen LogP contribution < -0.4 is 4.90 Å². The van der Waals surface area contributed by atoms with E-state index in [4.69, 9.17) is 0 Å². The Morgan fingerprint density at radius 2 is 1.77 bits per heavy atom. The number of hydrogen-bond acceptors (Lipinski definition) is 4. The van der Waals surface area contributed by atoms with Crippen LogP contribution in [-0.4, -0.2) is 35.7 Å². The van der Waals surface area contributed by atoms with Gasteiger partial charge in [0.1, 0.15) is 5.57 Å². The SMILES string of the molecule is CN(C)/C=C1/C(=O)c2cccnc2N(c2ccccc2)C1=O. The molecular formula is C17H15N3O2. The fraction of sp³-hybridized carbons (Fsp3) is 0.118. The molecule has 1 aliphatic rings. The van der Waals surface area contributed by atoms with Crippen molar-refractivity contribution >= 4 is 23.2 Å². The van der Waals surface area contributed by atoms with Crippen molar-refractivity contribution in [2.75, 3.05) is 19.0 Å². The molecule has 0 bridgehead atoms. The molecule has 0 fully saturated rings. The quantitative estimate of drug-likeness (QED) is 0.630. The van der Waals surface area contributed by atoms with E-state index in [0.29, 0.717) is 17.1 Å². The summed E-state index contributed by atoms with van der Waals surface area (Å²) in [6.07, 6.45) is 3.13. The molecule has 0 radical (unpaired) electrons. The van der Waals surface area contributed by atoms with Crippen molar-refractivity contribution in [1.82, 2.24) is 9.88 Å². The molecule has 5 nitrogen and oxygen atoms in total. The predicted octanol–water partition coefficient (Wildman–Crippen LogP) is 2.39. The molecular weight excluding hydrogens is 278 g/mol. The molecule has 2 heterocycles. The number of amides is 1. The molecule has 1 aromatic carbocycles. The lowest BCUT2D eigenvalue weighted by Crippen LogP contribution is -2.37. The topological polar surface area (TPSA) is 53.5 Å². The Morgan fingerprint density at radius 3 is 2.45 bits per heavy atom. The number of benzene rings is 1. The zero-order valence-corrected chi connectivity index (χ0v) is 12.4. The minimum absolute atomic E-state index is 0.134. The van der Waals surface area contributed by atoms with Crippen LogP contribution in [0.4, 0.5) is 11.5 Å². The van der Waals surface area contributed by atoms with E-state index < -0.39 is 0 Å². The zero-order chi connectivity index (χ0) is 15.7. The second-order valence-electron chi connectivity index (χ2n) is 5.19. The number of pyridine rings is 1. The lowest BCUT2D eigenvalue weighted by Gasteiger charge is -2.29. The Hall–Kier alpha value is -2.95. The van der Waals surface area contributed by atoms with Gasteiger partial charge in [-0.25, -0.2) is 4.98 Å². The van der Waals surface area contributed by atoms with E-state index in [1.165, 1.54) is 4.90 Å². The maximum atomic E-state index is 12.8. The standard InChI is InChI=1S/C17H15N3O2/c1-19(2)11-14-15(21)13-9-6-10-18-16(13)20(17(14)22)12-7-4-3-5-8-12/h3-11H,1-2H3/b14-11-. The van der Waals surface area contributed by atoms with Crippen LogP contribution in [0.3, 0.4) is 0 Å². The smallest absolute Gasteiger partial charge is 0.269 e. The normalized spacial score (nSPS) is 15.9. The molecule has 0 N–H and O–H groups in total. The van der Waals surface area contributed by atoms with Crippen molar-refractivity contribution in [2.24, 2.45) is 0 Å². The average molecular weight is 293 g/mol. The van der Waals surface area contributed by atoms with E-state index in [0.717, 1.165) is 0 Å². The molecule has 0 unspecified atom stereocenters. The Bertz CT molecular complexity index is 766. The number of rotatable bonds is 2. The summed E-state index contributed by atoms with van der Waals surface area (Å²) in [4.78, 5) is 32.8. The fourth-order valence-electron chi connectivity index (χ4n) is 2.40. The van der Waals surface area contributed by atoms with Gasteiger partial charge in [0.15, 0.2) is 5.82 Å². The number of aromatic nitrogens is 1. The summed E-state index contributed by atoms with van der Waals surface area (Å²) >= 11 is 0. The maximum absolute atomic E-state index is 12.8. The van der Waals surface area contributed by atoms with Crippen molar-refractivity contribution in [1.29, 1.82) is 0 Å². The van der Waals surface area contributed by atoms with Crippen LogP contribution in [0.15, 0.2) is 60.4 Å².